The summed E-state index contributed by atoms with van der Waals surface area (Å²) < 4.78 is 0. The molecule has 1 aliphatic rings. The van der Waals surface area contributed by atoms with Crippen LogP contribution in [0.4, 0.5) is 5.82 Å². The molecule has 0 bridgehead atoms. The normalized spacial score (nSPS) is 15.8. The van der Waals surface area contributed by atoms with Crippen LogP contribution in [0, 0.1) is 18.8 Å². The van der Waals surface area contributed by atoms with E-state index in [4.69, 9.17) is 23.2 Å². The molecule has 5 rings (SSSR count). The highest BCUT2D eigenvalue weighted by molar-refractivity contribution is 6.30. The monoisotopic (exact) mass is 607 g/mol. The molecule has 0 unspecified atom stereocenters. The molecule has 42 heavy (non-hydrogen) atoms. The second kappa shape index (κ2) is 17.9. The Bertz CT molecular complexity index is 1310. The number of halogens is 2. The fraction of sp³-hybridized carbons (Fsp3) is 0.417. The lowest BCUT2D eigenvalue weighted by Gasteiger charge is -2.22. The van der Waals surface area contributed by atoms with Crippen LogP contribution >= 0.6 is 23.2 Å². The highest BCUT2D eigenvalue weighted by Crippen LogP contribution is 2.28. The number of carbonyl (C=O) groups is 1. The van der Waals surface area contributed by atoms with Crippen LogP contribution in [0.25, 0.3) is 10.9 Å². The molecular formula is C36H47Cl2N3O. The average molecular weight is 609 g/mol. The van der Waals surface area contributed by atoms with Gasteiger partial charge < -0.3 is 4.90 Å². The Morgan fingerprint density at radius 3 is 1.60 bits per heavy atom. The minimum atomic E-state index is -0.264. The van der Waals surface area contributed by atoms with E-state index in [0.717, 1.165) is 45.5 Å². The molecule has 1 fully saturated rings. The van der Waals surface area contributed by atoms with Gasteiger partial charge in [-0.05, 0) is 73.2 Å². The molecule has 0 saturated heterocycles. The van der Waals surface area contributed by atoms with Crippen LogP contribution in [0.15, 0.2) is 72.8 Å². The van der Waals surface area contributed by atoms with E-state index < -0.39 is 0 Å². The molecule has 0 atom stereocenters. The highest BCUT2D eigenvalue weighted by Gasteiger charge is 2.19. The minimum absolute atomic E-state index is 0.0969. The van der Waals surface area contributed by atoms with Gasteiger partial charge in [0.15, 0.2) is 0 Å². The number of fused-ring (bicyclic) bond motifs is 1. The fourth-order valence-corrected chi connectivity index (χ4v) is 5.16. The molecular weight excluding hydrogens is 561 g/mol. The highest BCUT2D eigenvalue weighted by atomic mass is 35.5. The molecule has 1 saturated carbocycles. The molecule has 0 N–H and O–H groups in total. The first kappa shape index (κ1) is 35.2. The zero-order valence-corrected chi connectivity index (χ0v) is 28.0. The first-order valence-corrected chi connectivity index (χ1v) is 15.7. The van der Waals surface area contributed by atoms with Crippen LogP contribution in [0.3, 0.4) is 0 Å². The van der Waals surface area contributed by atoms with Crippen LogP contribution in [-0.4, -0.2) is 29.8 Å². The van der Waals surface area contributed by atoms with Crippen molar-refractivity contribution >= 4 is 45.7 Å². The number of ketones is 1. The molecule has 0 amide bonds. The zero-order valence-electron chi connectivity index (χ0n) is 26.5. The van der Waals surface area contributed by atoms with Gasteiger partial charge in [-0.15, -0.1) is 0 Å². The predicted octanol–water partition coefficient (Wildman–Crippen LogP) is 10.6. The van der Waals surface area contributed by atoms with E-state index in [2.05, 4.69) is 23.8 Å². The summed E-state index contributed by atoms with van der Waals surface area (Å²) in [6.07, 6.45) is 5.89. The van der Waals surface area contributed by atoms with Crippen molar-refractivity contribution < 1.29 is 4.79 Å². The molecule has 1 heterocycles. The molecule has 0 spiro atoms. The number of hydrogen-bond donors (Lipinski definition) is 0. The predicted molar refractivity (Wildman–Crippen MR) is 182 cm³/mol. The number of aryl methyl sites for hydroxylation is 1. The summed E-state index contributed by atoms with van der Waals surface area (Å²) in [6, 6.07) is 22.7. The summed E-state index contributed by atoms with van der Waals surface area (Å²) in [5.41, 5.74) is 2.88. The maximum Gasteiger partial charge on any atom is 0.141 e. The molecule has 3 aromatic carbocycles. The van der Waals surface area contributed by atoms with Crippen molar-refractivity contribution in [3.8, 4) is 0 Å². The third-order valence-electron chi connectivity index (χ3n) is 7.24. The average Bonchev–Trinajstić information content (AvgIpc) is 2.98. The number of rotatable bonds is 4. The van der Waals surface area contributed by atoms with Gasteiger partial charge in [-0.3, -0.25) is 4.79 Å². The first-order chi connectivity index (χ1) is 20.0. The summed E-state index contributed by atoms with van der Waals surface area (Å²) in [5.74, 6) is 3.66. The SMILES string of the molecule is CC.CC(=O)C(c1ccc(Cl)cc1)c1ccc(Cl)cc1.CC1CCC(C)CC1.Cc1nc(N(C)C)c2ccccc2n1. The van der Waals surface area contributed by atoms with E-state index >= 15 is 0 Å². The Balaban J connectivity index is 0.000000228. The lowest BCUT2D eigenvalue weighted by molar-refractivity contribution is -0.117. The molecule has 226 valence electrons. The lowest BCUT2D eigenvalue weighted by Crippen LogP contribution is -2.12. The summed E-state index contributed by atoms with van der Waals surface area (Å²) in [6.45, 7) is 12.2. The zero-order chi connectivity index (χ0) is 31.2. The van der Waals surface area contributed by atoms with Gasteiger partial charge in [0, 0.05) is 29.5 Å². The number of hydrogen-bond acceptors (Lipinski definition) is 4. The molecule has 6 heteroatoms. The van der Waals surface area contributed by atoms with Crippen molar-refractivity contribution in [3.05, 3.63) is 99.8 Å². The molecule has 1 aliphatic carbocycles. The van der Waals surface area contributed by atoms with Crippen molar-refractivity contribution in [2.24, 2.45) is 11.8 Å². The second-order valence-electron chi connectivity index (χ2n) is 11.0. The quantitative estimate of drug-likeness (QED) is 0.231. The number of Topliss-reactive ketones (excluding diaryl/α,β-unsaturated/α-hetero) is 1. The Morgan fingerprint density at radius 2 is 1.19 bits per heavy atom. The maximum atomic E-state index is 11.8. The van der Waals surface area contributed by atoms with Crippen molar-refractivity contribution in [2.75, 3.05) is 19.0 Å². The van der Waals surface area contributed by atoms with E-state index in [0.29, 0.717) is 10.0 Å². The van der Waals surface area contributed by atoms with Crippen molar-refractivity contribution in [1.29, 1.82) is 0 Å². The molecule has 0 aliphatic heterocycles. The van der Waals surface area contributed by atoms with E-state index in [1.165, 1.54) is 25.7 Å². The van der Waals surface area contributed by atoms with Gasteiger partial charge in [0.05, 0.1) is 11.4 Å². The third-order valence-corrected chi connectivity index (χ3v) is 7.74. The van der Waals surface area contributed by atoms with Gasteiger partial charge in [0.1, 0.15) is 17.4 Å². The molecule has 0 radical (unpaired) electrons. The van der Waals surface area contributed by atoms with E-state index in [9.17, 15) is 4.79 Å². The van der Waals surface area contributed by atoms with Crippen molar-refractivity contribution in [3.63, 3.8) is 0 Å². The van der Waals surface area contributed by atoms with Crippen LogP contribution in [0.2, 0.25) is 10.0 Å². The number of benzene rings is 3. The number of anilines is 1. The Morgan fingerprint density at radius 1 is 0.762 bits per heavy atom. The summed E-state index contributed by atoms with van der Waals surface area (Å²) in [7, 11) is 3.99. The Hall–Kier alpha value is -2.95. The number of aromatic nitrogens is 2. The Kier molecular flexibility index (Phi) is 15.0. The van der Waals surface area contributed by atoms with Gasteiger partial charge >= 0.3 is 0 Å². The number of para-hydroxylation sites is 1. The molecule has 4 nitrogen and oxygen atoms in total. The Labute approximate surface area is 263 Å². The number of nitrogens with zero attached hydrogens (tertiary/aromatic N) is 3. The smallest absolute Gasteiger partial charge is 0.141 e. The van der Waals surface area contributed by atoms with E-state index in [-0.39, 0.29) is 11.7 Å². The first-order valence-electron chi connectivity index (χ1n) is 15.0. The molecule has 4 aromatic rings. The van der Waals surface area contributed by atoms with Gasteiger partial charge in [-0.1, -0.05) is 113 Å². The topological polar surface area (TPSA) is 46.1 Å². The van der Waals surface area contributed by atoms with Gasteiger partial charge in [0.25, 0.3) is 0 Å². The van der Waals surface area contributed by atoms with E-state index in [1.54, 1.807) is 31.2 Å². The lowest BCUT2D eigenvalue weighted by atomic mass is 9.84. The van der Waals surface area contributed by atoms with Crippen LogP contribution in [0.1, 0.15) is 83.2 Å². The van der Waals surface area contributed by atoms with Crippen molar-refractivity contribution in [1.82, 2.24) is 9.97 Å². The second-order valence-corrected chi connectivity index (χ2v) is 11.9. The standard InChI is InChI=1S/C15H12Cl2O.C11H13N3.C8H16.C2H6/c1-10(18)15(11-2-6-13(16)7-3-11)12-4-8-14(17)9-5-12;1-8-12-10-7-5-4-6-9(10)11(13-8)14(2)3;1-7-3-5-8(2)6-4-7;1-2/h2-9,15H,1H3;4-7H,1-3H3;7-8H,3-6H2,1-2H3;1-2H3. The van der Waals surface area contributed by atoms with Gasteiger partial charge in [-0.25, -0.2) is 9.97 Å². The minimum Gasteiger partial charge on any atom is -0.362 e. The maximum absolute atomic E-state index is 11.8. The van der Waals surface area contributed by atoms with Crippen molar-refractivity contribution in [2.45, 2.75) is 73.1 Å². The fourth-order valence-electron chi connectivity index (χ4n) is 4.91. The molecule has 1 aromatic heterocycles. The summed E-state index contributed by atoms with van der Waals surface area (Å²) in [4.78, 5) is 22.7. The van der Waals surface area contributed by atoms with Gasteiger partial charge in [-0.2, -0.15) is 0 Å². The largest absolute Gasteiger partial charge is 0.362 e. The van der Waals surface area contributed by atoms with Crippen LogP contribution < -0.4 is 4.90 Å². The van der Waals surface area contributed by atoms with Crippen LogP contribution in [0.5, 0.6) is 0 Å². The third kappa shape index (κ3) is 11.0. The number of carbonyl (C=O) groups excluding carboxylic acids is 1. The van der Waals surface area contributed by atoms with Crippen LogP contribution in [-0.2, 0) is 4.79 Å². The summed E-state index contributed by atoms with van der Waals surface area (Å²) in [5, 5.41) is 2.43. The van der Waals surface area contributed by atoms with E-state index in [1.807, 2.05) is 88.3 Å². The summed E-state index contributed by atoms with van der Waals surface area (Å²) >= 11 is 11.7. The van der Waals surface area contributed by atoms with Gasteiger partial charge in [0.2, 0.25) is 0 Å².